The molecule has 0 aliphatic rings. The van der Waals surface area contributed by atoms with Crippen molar-refractivity contribution >= 4 is 75.5 Å². The molecule has 0 spiro atoms. The van der Waals surface area contributed by atoms with Gasteiger partial charge in [0.25, 0.3) is 0 Å². The molecule has 0 heterocycles. The van der Waals surface area contributed by atoms with Crippen LogP contribution in [0.3, 0.4) is 0 Å². The summed E-state index contributed by atoms with van der Waals surface area (Å²) < 4.78 is 0. The molecule has 34 valence electrons. The molecule has 0 atom stereocenters. The molecule has 0 fully saturated rings. The summed E-state index contributed by atoms with van der Waals surface area (Å²) >= 11 is 3.58. The van der Waals surface area contributed by atoms with E-state index in [1.165, 1.54) is 0 Å². The maximum absolute atomic E-state index is 1.85. The van der Waals surface area contributed by atoms with Gasteiger partial charge in [0.1, 0.15) is 0 Å². The summed E-state index contributed by atoms with van der Waals surface area (Å²) in [7, 11) is 3.69. The van der Waals surface area contributed by atoms with E-state index in [-0.39, 0.29) is 17.6 Å². The number of hydrogen-bond acceptors (Lipinski definition) is 2. The summed E-state index contributed by atoms with van der Waals surface area (Å²) in [4.78, 5) is 0. The second-order valence-electron chi connectivity index (χ2n) is 0.149. The average Bonchev–Trinajstić information content (AvgIpc) is 1.37. The first-order valence-corrected chi connectivity index (χ1v) is 8.85. The van der Waals surface area contributed by atoms with Crippen LogP contribution in [-0.2, 0) is 0 Å². The predicted octanol–water partition coefficient (Wildman–Crippen LogP) is -1.45. The summed E-state index contributed by atoms with van der Waals surface area (Å²) in [5, 5.41) is 0. The molecule has 5 heavy (non-hydrogen) atoms. The summed E-state index contributed by atoms with van der Waals surface area (Å²) in [6, 6.07) is 0. The van der Waals surface area contributed by atoms with Crippen LogP contribution in [-0.4, -0.2) is 59.4 Å². The molecule has 0 rings (SSSR count). The van der Waals surface area contributed by atoms with Crippen molar-refractivity contribution in [3.8, 4) is 0 Å². The fraction of sp³-hybridized carbons (Fsp3) is 0. The van der Waals surface area contributed by atoms with E-state index in [1.54, 1.807) is 41.8 Å². The molecule has 0 bridgehead atoms. The van der Waals surface area contributed by atoms with Gasteiger partial charge < -0.3 is 0 Å². The van der Waals surface area contributed by atoms with E-state index in [1.807, 2.05) is 16.0 Å². The van der Waals surface area contributed by atoms with Gasteiger partial charge in [-0.1, -0.05) is 0 Å². The van der Waals surface area contributed by atoms with Crippen LogP contribution < -0.4 is 0 Å². The Balaban J connectivity index is 0. The molecule has 0 saturated carbocycles. The first kappa shape index (κ1) is 10.7. The van der Waals surface area contributed by atoms with Gasteiger partial charge in [-0.25, -0.2) is 0 Å². The van der Waals surface area contributed by atoms with Crippen LogP contribution in [0.25, 0.3) is 0 Å². The average molecular weight is 398 g/mol. The van der Waals surface area contributed by atoms with E-state index in [9.17, 15) is 0 Å². The molecule has 5 heteroatoms. The van der Waals surface area contributed by atoms with Crippen LogP contribution in [0.15, 0.2) is 0 Å². The van der Waals surface area contributed by atoms with Crippen molar-refractivity contribution in [2.75, 3.05) is 0 Å². The molecule has 0 N–H and O–H groups in total. The van der Waals surface area contributed by atoms with Crippen LogP contribution >= 0.6 is 16.0 Å². The third kappa shape index (κ3) is 10.9. The van der Waals surface area contributed by atoms with Gasteiger partial charge in [-0.3, -0.25) is 0 Å². The molecule has 0 aromatic carbocycles. The van der Waals surface area contributed by atoms with Crippen LogP contribution in [0.4, 0.5) is 0 Å². The van der Waals surface area contributed by atoms with Crippen molar-refractivity contribution in [2.24, 2.45) is 0 Å². The van der Waals surface area contributed by atoms with Crippen LogP contribution in [0.2, 0.25) is 0 Å². The van der Waals surface area contributed by atoms with Gasteiger partial charge in [-0.2, -0.15) is 0 Å². The fourth-order valence-electron chi connectivity index (χ4n) is 0. The molecule has 0 aromatic heterocycles. The van der Waals surface area contributed by atoms with Gasteiger partial charge in [0.2, 0.25) is 0 Å². The first-order valence-electron chi connectivity index (χ1n) is 0.532. The molecule has 0 saturated heterocycles. The van der Waals surface area contributed by atoms with Crippen molar-refractivity contribution in [3.05, 3.63) is 0 Å². The van der Waals surface area contributed by atoms with Gasteiger partial charge in [-0.05, 0) is 0 Å². The molecular weight excluding hydrogens is 392 g/mol. The Morgan fingerprint density at radius 3 is 1.20 bits per heavy atom. The zero-order chi connectivity index (χ0) is 3.41. The molecule has 0 radical (unpaired) electrons. The van der Waals surface area contributed by atoms with Crippen LogP contribution in [0.1, 0.15) is 0 Å². The van der Waals surface area contributed by atoms with E-state index in [4.69, 9.17) is 0 Å². The van der Waals surface area contributed by atoms with Gasteiger partial charge in [0, 0.05) is 0 Å². The molecule has 0 amide bonds. The standard InChI is InChI=1S/GeH4.H2S2Te2/c;3-1-2-4/h1H4;3-4H. The van der Waals surface area contributed by atoms with Gasteiger partial charge in [-0.15, -0.1) is 0 Å². The van der Waals surface area contributed by atoms with Crippen molar-refractivity contribution in [1.29, 1.82) is 0 Å². The van der Waals surface area contributed by atoms with Crippen molar-refractivity contribution in [2.45, 2.75) is 0 Å². The summed E-state index contributed by atoms with van der Waals surface area (Å²) in [5.74, 6) is 0. The molecule has 0 unspecified atom stereocenters. The second-order valence-corrected chi connectivity index (χ2v) is 9.00. The van der Waals surface area contributed by atoms with Crippen molar-refractivity contribution in [3.63, 3.8) is 0 Å². The maximum atomic E-state index is 1.85. The van der Waals surface area contributed by atoms with E-state index in [0.717, 1.165) is 0 Å². The molecular formula is H6GeS2Te2. The third-order valence-electron chi connectivity index (χ3n) is 0.0333. The summed E-state index contributed by atoms with van der Waals surface area (Å²) in [6.07, 6.45) is 0. The summed E-state index contributed by atoms with van der Waals surface area (Å²) in [6.45, 7) is 0. The van der Waals surface area contributed by atoms with E-state index in [0.29, 0.717) is 0 Å². The monoisotopic (exact) mass is 404 g/mol. The SMILES string of the molecule is [GeH4].[TeH]SS[TeH]. The van der Waals surface area contributed by atoms with Crippen LogP contribution in [0, 0.1) is 0 Å². The Labute approximate surface area is 74.1 Å². The Morgan fingerprint density at radius 2 is 1.20 bits per heavy atom. The summed E-state index contributed by atoms with van der Waals surface area (Å²) in [5.41, 5.74) is 0. The second kappa shape index (κ2) is 9.94. The fourth-order valence-corrected chi connectivity index (χ4v) is 0. The van der Waals surface area contributed by atoms with Crippen molar-refractivity contribution < 1.29 is 0 Å². The molecule has 0 nitrogen and oxygen atoms in total. The molecule has 0 aliphatic heterocycles. The van der Waals surface area contributed by atoms with Crippen LogP contribution in [0.5, 0.6) is 0 Å². The van der Waals surface area contributed by atoms with Gasteiger partial charge in [0.15, 0.2) is 0 Å². The normalized spacial score (nSPS) is 6.00. The topological polar surface area (TPSA) is 0 Å². The zero-order valence-corrected chi connectivity index (χ0v) is 8.45. The predicted molar refractivity (Wildman–Crippen MR) is 40.8 cm³/mol. The first-order chi connectivity index (χ1) is 1.91. The Bertz CT molecular complexity index is 9.61. The number of rotatable bonds is 1. The van der Waals surface area contributed by atoms with E-state index < -0.39 is 0 Å². The quantitative estimate of drug-likeness (QED) is 0.392. The third-order valence-corrected chi connectivity index (χ3v) is 13.5. The van der Waals surface area contributed by atoms with Crippen molar-refractivity contribution in [1.82, 2.24) is 0 Å². The molecule has 0 aromatic rings. The Hall–Kier alpha value is 2.82. The Morgan fingerprint density at radius 1 is 1.00 bits per heavy atom. The number of hydrogen-bond donors (Lipinski definition) is 0. The van der Waals surface area contributed by atoms with Gasteiger partial charge >= 0.3 is 75.5 Å². The minimum atomic E-state index is 0. The van der Waals surface area contributed by atoms with E-state index in [2.05, 4.69) is 0 Å². The molecule has 0 aliphatic carbocycles. The Kier molecular flexibility index (Phi) is 21.4. The zero-order valence-electron chi connectivity index (χ0n) is 1.71. The van der Waals surface area contributed by atoms with Gasteiger partial charge in [0.05, 0.1) is 0 Å². The minimum absolute atomic E-state index is 0. The van der Waals surface area contributed by atoms with E-state index >= 15 is 0 Å².